The molecule has 6 rings (SSSR count). The van der Waals surface area contributed by atoms with Crippen LogP contribution in [0.15, 0.2) is 73.3 Å². The van der Waals surface area contributed by atoms with Crippen molar-refractivity contribution < 1.29 is 86.6 Å². The van der Waals surface area contributed by atoms with Gasteiger partial charge < -0.3 is 115 Å². The number of aromatic nitrogens is 3. The molecule has 2 fully saturated rings. The van der Waals surface area contributed by atoms with E-state index in [2.05, 4.69) is 73.4 Å². The number of H-pyrrole nitrogens is 2. The predicted molar refractivity (Wildman–Crippen MR) is 467 cm³/mol. The number of para-hydroxylation sites is 1. The van der Waals surface area contributed by atoms with Gasteiger partial charge >= 0.3 is 0 Å². The summed E-state index contributed by atoms with van der Waals surface area (Å²) < 4.78 is 0. The van der Waals surface area contributed by atoms with E-state index in [-0.39, 0.29) is 95.6 Å². The Labute approximate surface area is 737 Å². The average Bonchev–Trinajstić information content (AvgIpc) is 1.39. The van der Waals surface area contributed by atoms with E-state index < -0.39 is 223 Å². The number of aliphatic hydroxyl groups is 1. The molecule has 21 N–H and O–H groups in total. The lowest BCUT2D eigenvalue weighted by molar-refractivity contribution is -0.149. The van der Waals surface area contributed by atoms with Gasteiger partial charge in [0.05, 0.1) is 38.2 Å². The first kappa shape index (κ1) is 103. The Kier molecular flexibility index (Phi) is 41.2. The van der Waals surface area contributed by atoms with Crippen LogP contribution in [0.5, 0.6) is 0 Å². The number of nitrogens with one attached hydrogen (secondary N) is 14. The van der Waals surface area contributed by atoms with Crippen molar-refractivity contribution in [3.63, 3.8) is 0 Å². The first-order chi connectivity index (χ1) is 59.8. The van der Waals surface area contributed by atoms with Gasteiger partial charge in [-0.2, -0.15) is 0 Å². The quantitative estimate of drug-likeness (QED) is 0.0171. The standard InChI is InChI=1S/C84H127N23O18S/c1-12-14-28-64-77(119)96-55(27-21-31-90-84(87)88)73(115)102-63(72(114)92-41-68(86)110)44-126-45-70(112)95-60(35-50-23-17-16-18-24-50)80(122)104(9)49(7)71(113)98-61(38-67(85)109)82(124)107-32-22-30-65(107)78(120)97-57(37-52-40-89-46-93-52)75(117)99-58(33-47(3)4)79(121)103(8)42-69(111)94-56(36-51-39-91-54-26-20-19-25-53(51)54)74(116)101-62(43-108)76(118)100-59(34-48(5)6)81(123)106(11)66(29-15-13-2)83(125)105(64)10/h16-20,23-26,39-40,46-49,55-66,91,108H,12-15,21-22,27-38,41-45H2,1-11H3,(H2,85,109)(H2,86,110)(H,89,93)(H,92,114)(H,94,111)(H,95,112)(H,96,119)(H,97,120)(H,98,113)(H,99,117)(H,100,118)(H,101,116)(H,102,115)(H4,87,88,90)/t49-,55-,56-,57-,58-,59-,60-,61-,62-,63-,64-,65-,66-/m0/s1. The third-order valence-electron chi connectivity index (χ3n) is 21.7. The number of rotatable bonds is 26. The number of fused-ring (bicyclic) bond motifs is 2. The first-order valence-corrected chi connectivity index (χ1v) is 43.7. The van der Waals surface area contributed by atoms with E-state index in [1.807, 2.05) is 13.8 Å². The number of primary amides is 2. The summed E-state index contributed by atoms with van der Waals surface area (Å²) in [6, 6.07) is -3.79. The fourth-order valence-electron chi connectivity index (χ4n) is 14.8. The molecule has 41 nitrogen and oxygen atoms in total. The van der Waals surface area contributed by atoms with Crippen LogP contribution in [0.3, 0.4) is 0 Å². The van der Waals surface area contributed by atoms with Crippen molar-refractivity contribution in [3.05, 3.63) is 90.1 Å². The van der Waals surface area contributed by atoms with Gasteiger partial charge in [0.2, 0.25) is 100 Å². The Balaban J connectivity index is 1.43. The molecule has 2 aromatic carbocycles. The normalized spacial score (nSPS) is 24.1. The fourth-order valence-corrected chi connectivity index (χ4v) is 15.6. The first-order valence-electron chi connectivity index (χ1n) is 42.5. The second-order valence-corrected chi connectivity index (χ2v) is 33.8. The van der Waals surface area contributed by atoms with Crippen molar-refractivity contribution in [1.29, 1.82) is 5.41 Å². The maximum absolute atomic E-state index is 15.3. The molecule has 126 heavy (non-hydrogen) atoms. The molecule has 0 saturated carbocycles. The fraction of sp³-hybridized carbons (Fsp3) is 0.583. The van der Waals surface area contributed by atoms with Gasteiger partial charge in [0.1, 0.15) is 78.5 Å². The van der Waals surface area contributed by atoms with Crippen molar-refractivity contribution in [2.45, 2.75) is 230 Å². The van der Waals surface area contributed by atoms with Crippen LogP contribution in [-0.4, -0.2) is 302 Å². The number of nitrogens with two attached hydrogens (primary N) is 3. The molecule has 2 aromatic heterocycles. The average molecular weight is 1780 g/mol. The van der Waals surface area contributed by atoms with Gasteiger partial charge in [0, 0.05) is 95.3 Å². The van der Waals surface area contributed by atoms with Gasteiger partial charge in [-0.1, -0.05) is 116 Å². The number of hydrogen-bond donors (Lipinski definition) is 18. The number of amides is 17. The summed E-state index contributed by atoms with van der Waals surface area (Å²) in [6.45, 7) is 9.54. The second kappa shape index (κ2) is 50.6. The minimum absolute atomic E-state index is 0.0119. The second-order valence-electron chi connectivity index (χ2n) is 32.7. The number of likely N-dealkylation sites (N-methyl/N-ethyl adjacent to an activating group) is 4. The van der Waals surface area contributed by atoms with E-state index in [0.29, 0.717) is 53.4 Å². The van der Waals surface area contributed by atoms with Crippen LogP contribution in [0.4, 0.5) is 0 Å². The lowest BCUT2D eigenvalue weighted by Crippen LogP contribution is -2.61. The Morgan fingerprint density at radius 2 is 1.13 bits per heavy atom. The number of carbonyl (C=O) groups is 17. The maximum Gasteiger partial charge on any atom is 0.246 e. The van der Waals surface area contributed by atoms with E-state index in [0.717, 1.165) is 36.3 Å². The molecule has 2 aliphatic heterocycles. The minimum atomic E-state index is -1.79. The van der Waals surface area contributed by atoms with Crippen LogP contribution in [0.1, 0.15) is 149 Å². The summed E-state index contributed by atoms with van der Waals surface area (Å²) in [5.41, 5.74) is 18.8. The molecular weight excluding hydrogens is 1650 g/mol. The van der Waals surface area contributed by atoms with E-state index >= 15 is 14.4 Å². The third-order valence-corrected chi connectivity index (χ3v) is 22.8. The number of aromatic amines is 2. The molecular formula is C84H127N23O18S. The van der Waals surface area contributed by atoms with Crippen LogP contribution in [0.25, 0.3) is 10.9 Å². The molecule has 13 atom stereocenters. The number of benzene rings is 2. The topological polar surface area (TPSA) is 605 Å². The Morgan fingerprint density at radius 1 is 0.563 bits per heavy atom. The van der Waals surface area contributed by atoms with E-state index in [9.17, 15) is 72.2 Å². The highest BCUT2D eigenvalue weighted by molar-refractivity contribution is 8.00. The summed E-state index contributed by atoms with van der Waals surface area (Å²) in [7, 11) is 5.26. The Morgan fingerprint density at radius 3 is 1.74 bits per heavy atom. The summed E-state index contributed by atoms with van der Waals surface area (Å²) in [4.78, 5) is 262. The number of nitrogens with zero attached hydrogens (tertiary/aromatic N) is 6. The highest BCUT2D eigenvalue weighted by Crippen LogP contribution is 2.25. The number of hydrogen-bond acceptors (Lipinski definition) is 21. The molecule has 4 aromatic rings. The zero-order valence-electron chi connectivity index (χ0n) is 73.6. The van der Waals surface area contributed by atoms with Crippen molar-refractivity contribution in [3.8, 4) is 0 Å². The highest BCUT2D eigenvalue weighted by Gasteiger charge is 2.44. The van der Waals surface area contributed by atoms with Gasteiger partial charge in [-0.3, -0.25) is 86.9 Å². The monoisotopic (exact) mass is 1780 g/mol. The molecule has 692 valence electrons. The van der Waals surface area contributed by atoms with E-state index in [1.165, 1.54) is 47.6 Å². The molecule has 0 spiro atoms. The predicted octanol–water partition coefficient (Wildman–Crippen LogP) is -2.82. The van der Waals surface area contributed by atoms with Crippen molar-refractivity contribution in [1.82, 2.24) is 97.9 Å². The summed E-state index contributed by atoms with van der Waals surface area (Å²) in [6.07, 6.45) is 4.80. The summed E-state index contributed by atoms with van der Waals surface area (Å²) >= 11 is 0.798. The van der Waals surface area contributed by atoms with Crippen molar-refractivity contribution in [2.24, 2.45) is 29.0 Å². The maximum atomic E-state index is 15.3. The van der Waals surface area contributed by atoms with Gasteiger partial charge in [0.15, 0.2) is 5.96 Å². The van der Waals surface area contributed by atoms with Gasteiger partial charge in [-0.05, 0) is 87.3 Å². The van der Waals surface area contributed by atoms with Gasteiger partial charge in [-0.15, -0.1) is 11.8 Å². The number of thioether (sulfide) groups is 1. The van der Waals surface area contributed by atoms with E-state index in [4.69, 9.17) is 22.6 Å². The minimum Gasteiger partial charge on any atom is -0.394 e. The van der Waals surface area contributed by atoms with Gasteiger partial charge in [-0.25, -0.2) is 4.98 Å². The highest BCUT2D eigenvalue weighted by atomic mass is 32.2. The number of unbranched alkanes of at least 4 members (excludes halogenated alkanes) is 2. The number of imidazole rings is 1. The molecule has 42 heteroatoms. The summed E-state index contributed by atoms with van der Waals surface area (Å²) in [5, 5.41) is 48.4. The molecule has 0 aliphatic carbocycles. The molecule has 2 aliphatic rings. The molecule has 0 unspecified atom stereocenters. The van der Waals surface area contributed by atoms with Gasteiger partial charge in [0.25, 0.3) is 0 Å². The lowest BCUT2D eigenvalue weighted by atomic mass is 9.99. The number of guanidine groups is 1. The zero-order chi connectivity index (χ0) is 93.2. The van der Waals surface area contributed by atoms with Crippen molar-refractivity contribution >= 4 is 129 Å². The Bertz CT molecular complexity index is 4440. The largest absolute Gasteiger partial charge is 0.394 e. The zero-order valence-corrected chi connectivity index (χ0v) is 74.4. The van der Waals surface area contributed by atoms with Crippen LogP contribution in [-0.2, 0) is 101 Å². The molecule has 2 saturated heterocycles. The number of aliphatic hydroxyl groups excluding tert-OH is 1. The van der Waals surface area contributed by atoms with Crippen LogP contribution < -0.4 is 75.7 Å². The molecule has 4 heterocycles. The third kappa shape index (κ3) is 31.5. The smallest absolute Gasteiger partial charge is 0.246 e. The summed E-state index contributed by atoms with van der Waals surface area (Å²) in [5.74, 6) is -17.2. The molecule has 0 radical (unpaired) electrons. The van der Waals surface area contributed by atoms with Crippen LogP contribution in [0.2, 0.25) is 0 Å². The SMILES string of the molecule is CCCC[C@H]1C(=O)N(C)[C@@H](CCCC)C(=O)N[C@@H](CCCNC(=N)N)C(=O)N[C@H](C(=O)NCC(N)=O)CSCC(=O)N[C@@H](Cc2ccccc2)C(=O)N(C)[C@@H](C)C(=O)N[C@@H](CC(N)=O)C(=O)N2CCC[C@H]2C(=O)N[C@@H](Cc2cnc[nH]2)C(=O)N[C@@H](CC(C)C)C(=O)N(C)CC(=O)N[C@@H](Cc2c[nH]c3ccccc23)C(=O)N[C@@H](CO)C(=O)N[C@@H](CC(C)C)C(=O)N1C. The van der Waals surface area contributed by atoms with Crippen LogP contribution in [0, 0.1) is 17.2 Å². The lowest BCUT2D eigenvalue weighted by Gasteiger charge is -2.36. The number of carbonyl (C=O) groups excluding carboxylic acids is 17. The Hall–Kier alpha value is -12.2. The molecule has 17 amide bonds. The molecule has 0 bridgehead atoms. The van der Waals surface area contributed by atoms with Crippen molar-refractivity contribution in [2.75, 3.05) is 72.5 Å². The van der Waals surface area contributed by atoms with E-state index in [1.54, 1.807) is 88.5 Å². The van der Waals surface area contributed by atoms with Crippen LogP contribution >= 0.6 is 11.8 Å².